The molecule has 0 N–H and O–H groups in total. The molecular weight excluding hydrogens is 219 g/mol. The Hall–Kier alpha value is -1.79. The van der Waals surface area contributed by atoms with Crippen molar-refractivity contribution in [1.29, 1.82) is 0 Å². The van der Waals surface area contributed by atoms with E-state index in [-0.39, 0.29) is 8.46 Å². The van der Waals surface area contributed by atoms with E-state index in [1.807, 2.05) is 48.5 Å². The van der Waals surface area contributed by atoms with E-state index in [0.29, 0.717) is 0 Å². The number of benzene rings is 2. The lowest BCUT2D eigenvalue weighted by Crippen LogP contribution is -1.84. The van der Waals surface area contributed by atoms with Gasteiger partial charge in [-0.1, -0.05) is 48.5 Å². The summed E-state index contributed by atoms with van der Waals surface area (Å²) in [5.74, 6) is 0. The van der Waals surface area contributed by atoms with Gasteiger partial charge >= 0.3 is 0 Å². The lowest BCUT2D eigenvalue weighted by molar-refractivity contribution is 0.112. The number of aldehydes is 1. The molecule has 80 valence electrons. The standard InChI is InChI=1S/C7H6O.C6H5OP/c8-6-7-4-2-1-3-5-7;7-8-6-4-2-1-3-5-6/h1-6H;1-5H. The van der Waals surface area contributed by atoms with Crippen LogP contribution in [0.1, 0.15) is 10.4 Å². The van der Waals surface area contributed by atoms with Crippen molar-refractivity contribution in [1.82, 2.24) is 0 Å². The van der Waals surface area contributed by atoms with Crippen molar-refractivity contribution in [2.24, 2.45) is 0 Å². The van der Waals surface area contributed by atoms with Crippen LogP contribution in [0.25, 0.3) is 0 Å². The molecule has 0 saturated heterocycles. The smallest absolute Gasteiger partial charge is 0.192 e. The lowest BCUT2D eigenvalue weighted by atomic mass is 10.2. The highest BCUT2D eigenvalue weighted by Gasteiger charge is 1.82. The quantitative estimate of drug-likeness (QED) is 0.586. The molecule has 0 unspecified atom stereocenters. The summed E-state index contributed by atoms with van der Waals surface area (Å²) in [6.07, 6.45) is 0.833. The molecule has 3 heteroatoms. The Morgan fingerprint density at radius 2 is 1.31 bits per heavy atom. The van der Waals surface area contributed by atoms with Crippen LogP contribution in [0.2, 0.25) is 0 Å². The monoisotopic (exact) mass is 230 g/mol. The summed E-state index contributed by atoms with van der Waals surface area (Å²) in [7, 11) is 0.0994. The van der Waals surface area contributed by atoms with Gasteiger partial charge in [0.15, 0.2) is 8.46 Å². The Balaban J connectivity index is 0.000000160. The minimum absolute atomic E-state index is 0.0994. The maximum Gasteiger partial charge on any atom is 0.192 e. The first kappa shape index (κ1) is 12.3. The second-order valence-corrected chi connectivity index (χ2v) is 3.65. The van der Waals surface area contributed by atoms with Crippen molar-refractivity contribution >= 4 is 20.1 Å². The summed E-state index contributed by atoms with van der Waals surface area (Å²) in [4.78, 5) is 10.0. The van der Waals surface area contributed by atoms with Crippen molar-refractivity contribution in [3.63, 3.8) is 0 Å². The molecule has 0 aliphatic carbocycles. The van der Waals surface area contributed by atoms with Gasteiger partial charge in [0, 0.05) is 10.9 Å². The van der Waals surface area contributed by atoms with E-state index in [0.717, 1.165) is 17.2 Å². The van der Waals surface area contributed by atoms with Gasteiger partial charge in [0.05, 0.1) is 0 Å². The molecule has 0 amide bonds. The summed E-state index contributed by atoms with van der Waals surface area (Å²) < 4.78 is 10.1. The molecule has 0 bridgehead atoms. The second-order valence-electron chi connectivity index (χ2n) is 2.96. The van der Waals surface area contributed by atoms with Crippen LogP contribution in [-0.4, -0.2) is 6.29 Å². The fraction of sp³-hybridized carbons (Fsp3) is 0. The number of carbonyl (C=O) groups excluding carboxylic acids is 1. The Morgan fingerprint density at radius 3 is 1.62 bits per heavy atom. The first-order chi connectivity index (χ1) is 7.86. The number of carbonyl (C=O) groups is 1. The third-order valence-electron chi connectivity index (χ3n) is 1.80. The molecule has 2 aromatic rings. The molecule has 0 aromatic heterocycles. The van der Waals surface area contributed by atoms with Crippen molar-refractivity contribution in [2.75, 3.05) is 0 Å². The third-order valence-corrected chi connectivity index (χ3v) is 2.31. The Bertz CT molecular complexity index is 383. The zero-order chi connectivity index (χ0) is 11.6. The van der Waals surface area contributed by atoms with E-state index in [4.69, 9.17) is 0 Å². The fourth-order valence-electron chi connectivity index (χ4n) is 1.02. The Labute approximate surface area is 96.1 Å². The topological polar surface area (TPSA) is 34.1 Å². The molecule has 0 aliphatic heterocycles. The van der Waals surface area contributed by atoms with Gasteiger partial charge in [0.2, 0.25) is 0 Å². The van der Waals surface area contributed by atoms with Crippen LogP contribution in [0.4, 0.5) is 0 Å². The molecule has 0 aliphatic rings. The van der Waals surface area contributed by atoms with Crippen LogP contribution in [0.3, 0.4) is 0 Å². The predicted molar refractivity (Wildman–Crippen MR) is 65.5 cm³/mol. The molecule has 2 aromatic carbocycles. The molecule has 0 spiro atoms. The normalized spacial score (nSPS) is 9.00. The maximum absolute atomic E-state index is 10.1. The number of rotatable bonds is 2. The molecule has 0 heterocycles. The summed E-state index contributed by atoms with van der Waals surface area (Å²) >= 11 is 0. The summed E-state index contributed by atoms with van der Waals surface area (Å²) in [5, 5.41) is 0.826. The molecule has 0 fully saturated rings. The van der Waals surface area contributed by atoms with Crippen LogP contribution >= 0.6 is 8.46 Å². The van der Waals surface area contributed by atoms with Gasteiger partial charge in [0.1, 0.15) is 6.29 Å². The molecule has 0 atom stereocenters. The van der Waals surface area contributed by atoms with Gasteiger partial charge in [-0.2, -0.15) is 0 Å². The first-order valence-corrected chi connectivity index (χ1v) is 5.56. The van der Waals surface area contributed by atoms with Gasteiger partial charge in [-0.3, -0.25) is 9.36 Å². The van der Waals surface area contributed by atoms with Crippen LogP contribution in [-0.2, 0) is 4.57 Å². The Morgan fingerprint density at radius 1 is 0.812 bits per heavy atom. The predicted octanol–water partition coefficient (Wildman–Crippen LogP) is 3.10. The summed E-state index contributed by atoms with van der Waals surface area (Å²) in [5.41, 5.74) is 0.729. The highest BCUT2D eigenvalue weighted by Crippen LogP contribution is 1.92. The zero-order valence-electron chi connectivity index (χ0n) is 8.61. The van der Waals surface area contributed by atoms with Gasteiger partial charge in [0.25, 0.3) is 0 Å². The molecular formula is C13H11O2P. The van der Waals surface area contributed by atoms with Crippen molar-refractivity contribution in [3.8, 4) is 0 Å². The largest absolute Gasteiger partial charge is 0.298 e. The fourth-order valence-corrected chi connectivity index (χ4v) is 1.31. The van der Waals surface area contributed by atoms with Crippen LogP contribution < -0.4 is 5.30 Å². The van der Waals surface area contributed by atoms with E-state index in [9.17, 15) is 9.36 Å². The zero-order valence-corrected chi connectivity index (χ0v) is 9.51. The van der Waals surface area contributed by atoms with Crippen molar-refractivity contribution < 1.29 is 9.36 Å². The van der Waals surface area contributed by atoms with E-state index in [1.165, 1.54) is 0 Å². The van der Waals surface area contributed by atoms with Crippen LogP contribution in [0, 0.1) is 0 Å². The molecule has 0 saturated carbocycles. The first-order valence-electron chi connectivity index (χ1n) is 4.75. The highest BCUT2D eigenvalue weighted by molar-refractivity contribution is 7.34. The van der Waals surface area contributed by atoms with E-state index >= 15 is 0 Å². The summed E-state index contributed by atoms with van der Waals surface area (Å²) in [6, 6.07) is 18.3. The third kappa shape index (κ3) is 4.63. The van der Waals surface area contributed by atoms with E-state index in [1.54, 1.807) is 12.1 Å². The summed E-state index contributed by atoms with van der Waals surface area (Å²) in [6.45, 7) is 0. The van der Waals surface area contributed by atoms with Crippen LogP contribution in [0.15, 0.2) is 60.7 Å². The van der Waals surface area contributed by atoms with Gasteiger partial charge in [-0.15, -0.1) is 0 Å². The number of hydrogen-bond acceptors (Lipinski definition) is 2. The Kier molecular flexibility index (Phi) is 5.75. The average molecular weight is 230 g/mol. The van der Waals surface area contributed by atoms with E-state index in [2.05, 4.69) is 0 Å². The SMILES string of the molecule is O=Cc1ccccc1.O=Pc1ccccc1. The van der Waals surface area contributed by atoms with Gasteiger partial charge < -0.3 is 0 Å². The van der Waals surface area contributed by atoms with Crippen molar-refractivity contribution in [2.45, 2.75) is 0 Å². The van der Waals surface area contributed by atoms with Gasteiger partial charge in [-0.05, 0) is 12.1 Å². The second kappa shape index (κ2) is 7.49. The van der Waals surface area contributed by atoms with Crippen LogP contribution in [0.5, 0.6) is 0 Å². The van der Waals surface area contributed by atoms with E-state index < -0.39 is 0 Å². The minimum Gasteiger partial charge on any atom is -0.298 e. The highest BCUT2D eigenvalue weighted by atomic mass is 31.1. The van der Waals surface area contributed by atoms with Gasteiger partial charge in [-0.25, -0.2) is 0 Å². The molecule has 2 rings (SSSR count). The molecule has 16 heavy (non-hydrogen) atoms. The molecule has 0 radical (unpaired) electrons. The number of hydrogen-bond donors (Lipinski definition) is 0. The maximum atomic E-state index is 10.1. The lowest BCUT2D eigenvalue weighted by Gasteiger charge is -1.81. The minimum atomic E-state index is 0.0994. The average Bonchev–Trinajstić information content (AvgIpc) is 2.41. The van der Waals surface area contributed by atoms with Crippen molar-refractivity contribution in [3.05, 3.63) is 66.2 Å². The molecule has 2 nitrogen and oxygen atoms in total.